The summed E-state index contributed by atoms with van der Waals surface area (Å²) in [4.78, 5) is 1.45. The molecule has 1 aliphatic carbocycles. The monoisotopic (exact) mass is 273 g/mol. The summed E-state index contributed by atoms with van der Waals surface area (Å²) >= 11 is 7.75. The van der Waals surface area contributed by atoms with Crippen LogP contribution in [0.3, 0.4) is 0 Å². The topological polar surface area (TPSA) is 21.3 Å². The van der Waals surface area contributed by atoms with Crippen LogP contribution in [0.4, 0.5) is 0 Å². The molecule has 2 nitrogen and oxygen atoms in total. The van der Waals surface area contributed by atoms with Crippen molar-refractivity contribution in [2.45, 2.75) is 32.7 Å². The van der Waals surface area contributed by atoms with E-state index in [-0.39, 0.29) is 0 Å². The molecule has 96 valence electrons. The minimum Gasteiger partial charge on any atom is -0.380 e. The fraction of sp³-hybridized carbons (Fsp3) is 0.692. The summed E-state index contributed by atoms with van der Waals surface area (Å²) in [5.41, 5.74) is 1.41. The van der Waals surface area contributed by atoms with Crippen molar-refractivity contribution < 1.29 is 4.74 Å². The molecular weight excluding hydrogens is 254 g/mol. The molecule has 0 fully saturated rings. The molecule has 0 aliphatic heterocycles. The molecule has 1 aromatic rings. The molecule has 0 bridgehead atoms. The second kappa shape index (κ2) is 6.19. The molecular formula is C13H20ClNOS. The molecule has 1 aliphatic rings. The van der Waals surface area contributed by atoms with E-state index in [2.05, 4.69) is 25.2 Å². The lowest BCUT2D eigenvalue weighted by atomic mass is 10.2. The van der Waals surface area contributed by atoms with E-state index < -0.39 is 0 Å². The Kier molecular flexibility index (Phi) is 4.86. The first-order chi connectivity index (χ1) is 8.16. The number of nitrogens with one attached hydrogen (secondary N) is 1. The Balaban J connectivity index is 1.71. The summed E-state index contributed by atoms with van der Waals surface area (Å²) < 4.78 is 6.48. The number of aryl methyl sites for hydroxylation is 1. The van der Waals surface area contributed by atoms with Crippen LogP contribution in [-0.4, -0.2) is 19.8 Å². The molecule has 1 atom stereocenters. The third kappa shape index (κ3) is 3.68. The van der Waals surface area contributed by atoms with E-state index in [4.69, 9.17) is 16.3 Å². The van der Waals surface area contributed by atoms with E-state index in [0.29, 0.717) is 12.0 Å². The highest BCUT2D eigenvalue weighted by Gasteiger charge is 2.24. The Morgan fingerprint density at radius 1 is 1.59 bits per heavy atom. The van der Waals surface area contributed by atoms with Crippen LogP contribution >= 0.6 is 22.9 Å². The number of hydrogen-bond donors (Lipinski definition) is 1. The normalized spacial score (nSPS) is 18.9. The van der Waals surface area contributed by atoms with E-state index >= 15 is 0 Å². The summed E-state index contributed by atoms with van der Waals surface area (Å²) in [6, 6.07) is 2.60. The molecule has 1 unspecified atom stereocenters. The molecule has 4 heteroatoms. The highest BCUT2D eigenvalue weighted by atomic mass is 35.5. The third-order valence-electron chi connectivity index (χ3n) is 2.94. The van der Waals surface area contributed by atoms with Gasteiger partial charge in [0.2, 0.25) is 0 Å². The first-order valence-corrected chi connectivity index (χ1v) is 7.45. The fourth-order valence-electron chi connectivity index (χ4n) is 2.17. The maximum Gasteiger partial charge on any atom is 0.0934 e. The van der Waals surface area contributed by atoms with Gasteiger partial charge in [0, 0.05) is 24.1 Å². The lowest BCUT2D eigenvalue weighted by Crippen LogP contribution is -2.24. The number of thiophene rings is 1. The zero-order valence-corrected chi connectivity index (χ0v) is 12.0. The van der Waals surface area contributed by atoms with Gasteiger partial charge in [-0.3, -0.25) is 0 Å². The summed E-state index contributed by atoms with van der Waals surface area (Å²) in [5.74, 6) is 0.615. The zero-order chi connectivity index (χ0) is 12.3. The molecule has 0 saturated carbocycles. The van der Waals surface area contributed by atoms with Crippen molar-refractivity contribution in [2.75, 3.05) is 19.8 Å². The third-order valence-corrected chi connectivity index (χ3v) is 4.28. The Morgan fingerprint density at radius 3 is 3.18 bits per heavy atom. The first-order valence-electron chi connectivity index (χ1n) is 6.26. The van der Waals surface area contributed by atoms with E-state index in [1.54, 1.807) is 11.3 Å². The second-order valence-electron chi connectivity index (χ2n) is 4.94. The summed E-state index contributed by atoms with van der Waals surface area (Å²) in [5, 5.41) is 3.55. The number of hydrogen-bond acceptors (Lipinski definition) is 3. The van der Waals surface area contributed by atoms with Gasteiger partial charge in [-0.15, -0.1) is 11.3 Å². The van der Waals surface area contributed by atoms with Crippen molar-refractivity contribution in [3.05, 3.63) is 20.8 Å². The van der Waals surface area contributed by atoms with Gasteiger partial charge in [-0.2, -0.15) is 0 Å². The molecule has 1 aromatic heterocycles. The summed E-state index contributed by atoms with van der Waals surface area (Å²) in [7, 11) is 0. The first kappa shape index (κ1) is 13.3. The second-order valence-corrected chi connectivity index (χ2v) is 6.71. The molecule has 0 aromatic carbocycles. The van der Waals surface area contributed by atoms with Crippen LogP contribution < -0.4 is 5.32 Å². The van der Waals surface area contributed by atoms with Crippen molar-refractivity contribution in [1.82, 2.24) is 5.32 Å². The molecule has 1 N–H and O–H groups in total. The highest BCUT2D eigenvalue weighted by Crippen LogP contribution is 2.39. The quantitative estimate of drug-likeness (QED) is 0.799. The van der Waals surface area contributed by atoms with Gasteiger partial charge >= 0.3 is 0 Å². The van der Waals surface area contributed by atoms with E-state index in [1.807, 2.05) is 0 Å². The van der Waals surface area contributed by atoms with Gasteiger partial charge in [0.15, 0.2) is 0 Å². The average molecular weight is 274 g/mol. The Labute approximate surface area is 112 Å². The summed E-state index contributed by atoms with van der Waals surface area (Å²) in [6.07, 6.45) is 2.36. The van der Waals surface area contributed by atoms with Crippen LogP contribution in [0, 0.1) is 5.92 Å². The summed E-state index contributed by atoms with van der Waals surface area (Å²) in [6.45, 7) is 6.90. The zero-order valence-electron chi connectivity index (χ0n) is 10.5. The number of halogens is 1. The average Bonchev–Trinajstić information content (AvgIpc) is 2.77. The predicted molar refractivity (Wildman–Crippen MR) is 74.1 cm³/mol. The van der Waals surface area contributed by atoms with Gasteiger partial charge in [0.25, 0.3) is 0 Å². The van der Waals surface area contributed by atoms with Crippen LogP contribution in [0.25, 0.3) is 0 Å². The van der Waals surface area contributed by atoms with Crippen LogP contribution in [-0.2, 0) is 11.2 Å². The van der Waals surface area contributed by atoms with Gasteiger partial charge in [-0.05, 0) is 30.4 Å². The Bertz CT molecular complexity index is 364. The lowest BCUT2D eigenvalue weighted by Gasteiger charge is -2.13. The van der Waals surface area contributed by atoms with Gasteiger partial charge in [-0.1, -0.05) is 25.4 Å². The van der Waals surface area contributed by atoms with Crippen LogP contribution in [0.2, 0.25) is 4.34 Å². The molecule has 0 amide bonds. The van der Waals surface area contributed by atoms with E-state index in [0.717, 1.165) is 30.5 Å². The fourth-order valence-corrected chi connectivity index (χ4v) is 3.52. The van der Waals surface area contributed by atoms with E-state index in [1.165, 1.54) is 16.9 Å². The van der Waals surface area contributed by atoms with Gasteiger partial charge in [-0.25, -0.2) is 0 Å². The smallest absolute Gasteiger partial charge is 0.0934 e. The van der Waals surface area contributed by atoms with Crippen molar-refractivity contribution >= 4 is 22.9 Å². The largest absolute Gasteiger partial charge is 0.380 e. The number of rotatable bonds is 6. The van der Waals surface area contributed by atoms with E-state index in [9.17, 15) is 0 Å². The van der Waals surface area contributed by atoms with Crippen molar-refractivity contribution in [2.24, 2.45) is 5.92 Å². The van der Waals surface area contributed by atoms with Crippen molar-refractivity contribution in [3.8, 4) is 0 Å². The molecule has 0 spiro atoms. The van der Waals surface area contributed by atoms with Crippen molar-refractivity contribution in [1.29, 1.82) is 0 Å². The Morgan fingerprint density at radius 2 is 2.41 bits per heavy atom. The molecule has 0 radical (unpaired) electrons. The van der Waals surface area contributed by atoms with Gasteiger partial charge in [0.1, 0.15) is 0 Å². The SMILES string of the molecule is CC(C)COCCNC1CCc2sc(Cl)cc21. The Hall–Kier alpha value is -0.0900. The maximum absolute atomic E-state index is 6.03. The van der Waals surface area contributed by atoms with Crippen molar-refractivity contribution in [3.63, 3.8) is 0 Å². The molecule has 2 rings (SSSR count). The minimum absolute atomic E-state index is 0.483. The maximum atomic E-state index is 6.03. The minimum atomic E-state index is 0.483. The number of fused-ring (bicyclic) bond motifs is 1. The number of ether oxygens (including phenoxy) is 1. The molecule has 0 saturated heterocycles. The van der Waals surface area contributed by atoms with Crippen LogP contribution in [0.15, 0.2) is 6.07 Å². The van der Waals surface area contributed by atoms with Gasteiger partial charge in [0.05, 0.1) is 10.9 Å². The molecule has 17 heavy (non-hydrogen) atoms. The van der Waals surface area contributed by atoms with Gasteiger partial charge < -0.3 is 10.1 Å². The van der Waals surface area contributed by atoms with Crippen LogP contribution in [0.5, 0.6) is 0 Å². The standard InChI is InChI=1S/C13H20ClNOS/c1-9(2)8-16-6-5-15-11-3-4-12-10(11)7-13(14)17-12/h7,9,11,15H,3-6,8H2,1-2H3. The predicted octanol–water partition coefficient (Wildman–Crippen LogP) is 3.65. The lowest BCUT2D eigenvalue weighted by molar-refractivity contribution is 0.110. The van der Waals surface area contributed by atoms with Crippen LogP contribution in [0.1, 0.15) is 36.8 Å². The molecule has 1 heterocycles. The highest BCUT2D eigenvalue weighted by molar-refractivity contribution is 7.16.